The largest absolute Gasteiger partial charge is 0.487 e. The summed E-state index contributed by atoms with van der Waals surface area (Å²) in [5.74, 6) is 1.39. The summed E-state index contributed by atoms with van der Waals surface area (Å²) in [6, 6.07) is 3.70. The Balaban J connectivity index is 0.00000108. The van der Waals surface area contributed by atoms with Gasteiger partial charge in [0.15, 0.2) is 6.39 Å². The molecule has 0 unspecified atom stereocenters. The summed E-state index contributed by atoms with van der Waals surface area (Å²) in [6.45, 7) is 0.528. The topological polar surface area (TPSA) is 77.0 Å². The van der Waals surface area contributed by atoms with Gasteiger partial charge in [0.05, 0.1) is 18.3 Å². The van der Waals surface area contributed by atoms with Crippen LogP contribution in [0.15, 0.2) is 33.6 Å². The maximum atomic E-state index is 5.19. The molecule has 0 fully saturated rings. The fraction of sp³-hybridized carbons (Fsp3) is 0.100. The zero-order chi connectivity index (χ0) is 10.8. The van der Waals surface area contributed by atoms with Crippen molar-refractivity contribution in [2.24, 2.45) is 0 Å². The molecule has 3 heterocycles. The van der Waals surface area contributed by atoms with E-state index < -0.39 is 0 Å². The Hall–Kier alpha value is -1.27. The molecule has 7 heteroatoms. The summed E-state index contributed by atoms with van der Waals surface area (Å²) in [6.07, 6.45) is 5.44. The van der Waals surface area contributed by atoms with Gasteiger partial charge in [-0.25, -0.2) is 4.98 Å². The number of aromatic nitrogens is 3. The molecule has 0 aromatic carbocycles. The second-order valence-corrected chi connectivity index (χ2v) is 3.11. The monoisotopic (exact) mass is 304 g/mol. The number of nitrogens with one attached hydrogen (secondary N) is 1. The molecule has 0 saturated heterocycles. The zero-order valence-corrected chi connectivity index (χ0v) is 11.6. The van der Waals surface area contributed by atoms with Crippen molar-refractivity contribution in [2.45, 2.75) is 6.54 Å². The van der Waals surface area contributed by atoms with Crippen LogP contribution in [-0.4, -0.2) is 15.0 Å². The van der Waals surface area contributed by atoms with Crippen LogP contribution >= 0.6 is 0 Å². The van der Waals surface area contributed by atoms with Gasteiger partial charge < -0.3 is 24.1 Å². The van der Waals surface area contributed by atoms with Crippen LogP contribution in [0.4, 0.5) is 5.82 Å². The van der Waals surface area contributed by atoms with E-state index in [-0.39, 0.29) is 32.7 Å². The van der Waals surface area contributed by atoms with Gasteiger partial charge in [-0.2, -0.15) is 0 Å². The second kappa shape index (κ2) is 5.38. The van der Waals surface area contributed by atoms with Gasteiger partial charge in [-0.1, -0.05) is 0 Å². The number of rotatable bonds is 3. The van der Waals surface area contributed by atoms with E-state index in [2.05, 4.69) is 26.6 Å². The molecule has 3 rings (SSSR count). The molecule has 0 spiro atoms. The number of furan rings is 1. The van der Waals surface area contributed by atoms with E-state index >= 15 is 0 Å². The van der Waals surface area contributed by atoms with Crippen LogP contribution in [0.5, 0.6) is 0 Å². The first-order valence-electron chi connectivity index (χ1n) is 4.67. The maximum Gasteiger partial charge on any atom is 0.167 e. The zero-order valence-electron chi connectivity index (χ0n) is 8.75. The Bertz CT molecular complexity index is 593. The Kier molecular flexibility index (Phi) is 3.86. The van der Waals surface area contributed by atoms with Crippen molar-refractivity contribution < 1.29 is 41.5 Å². The number of fused-ring (bicyclic) bond motifs is 1. The fourth-order valence-electron chi connectivity index (χ4n) is 1.36. The Morgan fingerprint density at radius 2 is 2.24 bits per heavy atom. The predicted octanol–water partition coefficient (Wildman–Crippen LogP) is 1.62. The van der Waals surface area contributed by atoms with Crippen molar-refractivity contribution in [3.63, 3.8) is 0 Å². The van der Waals surface area contributed by atoms with Gasteiger partial charge in [-0.3, -0.25) is 0 Å². The number of nitrogens with zero attached hydrogens (tertiary/aromatic N) is 3. The molecule has 0 bridgehead atoms. The standard InChI is InChI=1S/C10H7N4O2.Y/c1-2-7(15-3-1)4-11-9-8-10(13-5-12-9)16-6-14-8;/h1-3,6H,4H2,(H,11,12,13);/q-1;. The number of hydrogen-bond acceptors (Lipinski definition) is 6. The van der Waals surface area contributed by atoms with E-state index in [0.29, 0.717) is 23.6 Å². The average Bonchev–Trinajstić information content (AvgIpc) is 2.97. The number of anilines is 1. The van der Waals surface area contributed by atoms with Crippen LogP contribution in [0.1, 0.15) is 5.76 Å². The average molecular weight is 304 g/mol. The molecule has 1 N–H and O–H groups in total. The van der Waals surface area contributed by atoms with E-state index in [0.717, 1.165) is 5.76 Å². The third-order valence-electron chi connectivity index (χ3n) is 2.10. The summed E-state index contributed by atoms with van der Waals surface area (Å²) in [7, 11) is 0. The smallest absolute Gasteiger partial charge is 0.167 e. The van der Waals surface area contributed by atoms with Crippen molar-refractivity contribution in [1.29, 1.82) is 0 Å². The minimum absolute atomic E-state index is 0. The molecular weight excluding hydrogens is 297 g/mol. The number of oxazole rings is 1. The van der Waals surface area contributed by atoms with Crippen LogP contribution in [-0.2, 0) is 39.3 Å². The van der Waals surface area contributed by atoms with Gasteiger partial charge in [-0.15, -0.1) is 0 Å². The van der Waals surface area contributed by atoms with Gasteiger partial charge in [0.25, 0.3) is 0 Å². The summed E-state index contributed by atoms with van der Waals surface area (Å²) < 4.78 is 10.2. The van der Waals surface area contributed by atoms with E-state index in [9.17, 15) is 0 Å². The molecule has 3 aromatic rings. The minimum Gasteiger partial charge on any atom is -0.487 e. The Morgan fingerprint density at radius 1 is 1.29 bits per heavy atom. The normalized spacial score (nSPS) is 10.1. The minimum atomic E-state index is 0. The summed E-state index contributed by atoms with van der Waals surface area (Å²) in [4.78, 5) is 11.8. The molecule has 17 heavy (non-hydrogen) atoms. The molecule has 1 radical (unpaired) electrons. The fourth-order valence-corrected chi connectivity index (χ4v) is 1.36. The van der Waals surface area contributed by atoms with Crippen LogP contribution in [0, 0.1) is 6.33 Å². The maximum absolute atomic E-state index is 5.19. The molecule has 0 aliphatic heterocycles. The third kappa shape index (κ3) is 2.53. The van der Waals surface area contributed by atoms with Crippen molar-refractivity contribution >= 4 is 17.0 Å². The van der Waals surface area contributed by atoms with Gasteiger partial charge in [0, 0.05) is 44.9 Å². The first kappa shape index (κ1) is 12.2. The first-order chi connectivity index (χ1) is 7.93. The molecular formula is C10H7N4O2Y-. The van der Waals surface area contributed by atoms with E-state index in [4.69, 9.17) is 8.83 Å². The van der Waals surface area contributed by atoms with Gasteiger partial charge in [0.1, 0.15) is 11.5 Å². The Morgan fingerprint density at radius 3 is 3.06 bits per heavy atom. The molecule has 0 aliphatic rings. The van der Waals surface area contributed by atoms with Crippen molar-refractivity contribution in [2.75, 3.05) is 5.32 Å². The van der Waals surface area contributed by atoms with Crippen LogP contribution in [0.2, 0.25) is 0 Å². The first-order valence-corrected chi connectivity index (χ1v) is 4.67. The van der Waals surface area contributed by atoms with Gasteiger partial charge >= 0.3 is 0 Å². The van der Waals surface area contributed by atoms with Crippen LogP contribution < -0.4 is 5.32 Å². The second-order valence-electron chi connectivity index (χ2n) is 3.11. The van der Waals surface area contributed by atoms with E-state index in [1.54, 1.807) is 6.26 Å². The van der Waals surface area contributed by atoms with Crippen molar-refractivity contribution in [3.05, 3.63) is 36.9 Å². The summed E-state index contributed by atoms with van der Waals surface area (Å²) >= 11 is 0. The van der Waals surface area contributed by atoms with E-state index in [1.165, 1.54) is 6.39 Å². The Labute approximate surface area is 122 Å². The molecule has 0 atom stereocenters. The SMILES string of the molecule is [Y].[c-]1nc(NCc2ccco2)c2ncoc2n1. The number of hydrogen-bond donors (Lipinski definition) is 1. The molecule has 3 aromatic heterocycles. The van der Waals surface area contributed by atoms with E-state index in [1.807, 2.05) is 12.1 Å². The molecule has 0 amide bonds. The molecule has 83 valence electrons. The molecule has 6 nitrogen and oxygen atoms in total. The third-order valence-corrected chi connectivity index (χ3v) is 2.10. The van der Waals surface area contributed by atoms with Crippen LogP contribution in [0.3, 0.4) is 0 Å². The van der Waals surface area contributed by atoms with Crippen molar-refractivity contribution in [3.8, 4) is 0 Å². The quantitative estimate of drug-likeness (QED) is 0.741. The van der Waals surface area contributed by atoms with Crippen LogP contribution in [0.25, 0.3) is 11.2 Å². The predicted molar refractivity (Wildman–Crippen MR) is 54.5 cm³/mol. The molecule has 0 aliphatic carbocycles. The summed E-state index contributed by atoms with van der Waals surface area (Å²) in [5, 5.41) is 3.08. The van der Waals surface area contributed by atoms with Gasteiger partial charge in [-0.05, 0) is 12.1 Å². The van der Waals surface area contributed by atoms with Gasteiger partial charge in [0.2, 0.25) is 0 Å². The molecule has 0 saturated carbocycles. The van der Waals surface area contributed by atoms with Crippen molar-refractivity contribution in [1.82, 2.24) is 15.0 Å². The summed E-state index contributed by atoms with van der Waals surface area (Å²) in [5.41, 5.74) is 1.00.